The minimum absolute atomic E-state index is 0.419. The highest BCUT2D eigenvalue weighted by molar-refractivity contribution is 5.73. The molecule has 1 aromatic carbocycles. The molecule has 0 aliphatic heterocycles. The van der Waals surface area contributed by atoms with E-state index >= 15 is 0 Å². The summed E-state index contributed by atoms with van der Waals surface area (Å²) in [7, 11) is 1.64. The van der Waals surface area contributed by atoms with Crippen LogP contribution in [-0.4, -0.2) is 35.2 Å². The van der Waals surface area contributed by atoms with E-state index in [1.54, 1.807) is 14.0 Å². The quantitative estimate of drug-likeness (QED) is 0.839. The molecule has 1 aromatic rings. The third kappa shape index (κ3) is 3.01. The lowest BCUT2D eigenvalue weighted by Gasteiger charge is -2.26. The molecule has 0 spiro atoms. The van der Waals surface area contributed by atoms with E-state index in [1.165, 1.54) is 0 Å². The van der Waals surface area contributed by atoms with Gasteiger partial charge in [0.05, 0.1) is 7.11 Å². The standard InChI is InChI=1S/C14H19NO3/c1-10(14(16)17)15(12-6-7-12)9-11-4-3-5-13(8-11)18-2/h3-5,8,10,12H,6-7,9H2,1-2H3,(H,16,17). The van der Waals surface area contributed by atoms with Crippen LogP contribution in [0.4, 0.5) is 0 Å². The number of carbonyl (C=O) groups is 1. The van der Waals surface area contributed by atoms with Crippen molar-refractivity contribution in [1.29, 1.82) is 0 Å². The van der Waals surface area contributed by atoms with Crippen LogP contribution in [0, 0.1) is 0 Å². The fourth-order valence-corrected chi connectivity index (χ4v) is 2.11. The Balaban J connectivity index is 2.10. The van der Waals surface area contributed by atoms with Gasteiger partial charge in [-0.05, 0) is 37.5 Å². The molecule has 1 fully saturated rings. The lowest BCUT2D eigenvalue weighted by atomic mass is 10.1. The molecule has 18 heavy (non-hydrogen) atoms. The van der Waals surface area contributed by atoms with Crippen LogP contribution in [0.15, 0.2) is 24.3 Å². The van der Waals surface area contributed by atoms with E-state index in [0.29, 0.717) is 12.6 Å². The van der Waals surface area contributed by atoms with E-state index in [9.17, 15) is 4.79 Å². The number of nitrogens with zero attached hydrogens (tertiary/aromatic N) is 1. The molecule has 0 saturated heterocycles. The minimum Gasteiger partial charge on any atom is -0.497 e. The molecule has 0 amide bonds. The first-order valence-corrected chi connectivity index (χ1v) is 6.23. The van der Waals surface area contributed by atoms with Gasteiger partial charge in [0, 0.05) is 12.6 Å². The van der Waals surface area contributed by atoms with Gasteiger partial charge in [-0.2, -0.15) is 0 Å². The number of rotatable bonds is 6. The summed E-state index contributed by atoms with van der Waals surface area (Å²) in [4.78, 5) is 13.2. The van der Waals surface area contributed by atoms with Gasteiger partial charge in [-0.25, -0.2) is 0 Å². The zero-order valence-corrected chi connectivity index (χ0v) is 10.8. The first kappa shape index (κ1) is 12.9. The summed E-state index contributed by atoms with van der Waals surface area (Å²) in [5.74, 6) is 0.0519. The molecular formula is C14H19NO3. The maximum Gasteiger partial charge on any atom is 0.320 e. The van der Waals surface area contributed by atoms with E-state index in [4.69, 9.17) is 9.84 Å². The monoisotopic (exact) mass is 249 g/mol. The van der Waals surface area contributed by atoms with Crippen LogP contribution in [0.1, 0.15) is 25.3 Å². The number of hydrogen-bond acceptors (Lipinski definition) is 3. The molecule has 1 atom stereocenters. The normalized spacial score (nSPS) is 16.6. The molecule has 0 bridgehead atoms. The van der Waals surface area contributed by atoms with Gasteiger partial charge in [-0.1, -0.05) is 12.1 Å². The average molecular weight is 249 g/mol. The molecule has 1 unspecified atom stereocenters. The average Bonchev–Trinajstić information content (AvgIpc) is 3.19. The van der Waals surface area contributed by atoms with Gasteiger partial charge >= 0.3 is 5.97 Å². The van der Waals surface area contributed by atoms with Crippen LogP contribution in [0.5, 0.6) is 5.75 Å². The molecule has 0 heterocycles. The lowest BCUT2D eigenvalue weighted by Crippen LogP contribution is -2.39. The molecule has 1 saturated carbocycles. The number of hydrogen-bond donors (Lipinski definition) is 1. The van der Waals surface area contributed by atoms with E-state index in [2.05, 4.69) is 4.90 Å². The van der Waals surface area contributed by atoms with E-state index in [1.807, 2.05) is 24.3 Å². The predicted octanol–water partition coefficient (Wildman–Crippen LogP) is 2.13. The van der Waals surface area contributed by atoms with E-state index in [-0.39, 0.29) is 0 Å². The lowest BCUT2D eigenvalue weighted by molar-refractivity contribution is -0.143. The van der Waals surface area contributed by atoms with Crippen LogP contribution in [0.25, 0.3) is 0 Å². The summed E-state index contributed by atoms with van der Waals surface area (Å²) in [6.07, 6.45) is 2.20. The maximum absolute atomic E-state index is 11.1. The third-order valence-corrected chi connectivity index (χ3v) is 3.37. The molecule has 1 aliphatic rings. The third-order valence-electron chi connectivity index (χ3n) is 3.37. The van der Waals surface area contributed by atoms with Crippen molar-refractivity contribution in [3.05, 3.63) is 29.8 Å². The van der Waals surface area contributed by atoms with Crippen LogP contribution in [-0.2, 0) is 11.3 Å². The highest BCUT2D eigenvalue weighted by atomic mass is 16.5. The zero-order valence-electron chi connectivity index (χ0n) is 10.8. The predicted molar refractivity (Wildman–Crippen MR) is 68.7 cm³/mol. The van der Waals surface area contributed by atoms with E-state index < -0.39 is 12.0 Å². The fraction of sp³-hybridized carbons (Fsp3) is 0.500. The van der Waals surface area contributed by atoms with Gasteiger partial charge < -0.3 is 9.84 Å². The molecule has 1 N–H and O–H groups in total. The maximum atomic E-state index is 11.1. The van der Waals surface area contributed by atoms with Crippen molar-refractivity contribution in [2.24, 2.45) is 0 Å². The Labute approximate surface area is 107 Å². The fourth-order valence-electron chi connectivity index (χ4n) is 2.11. The smallest absolute Gasteiger partial charge is 0.320 e. The number of carboxylic acids is 1. The van der Waals surface area contributed by atoms with Gasteiger partial charge in [-0.15, -0.1) is 0 Å². The zero-order chi connectivity index (χ0) is 13.1. The summed E-state index contributed by atoms with van der Waals surface area (Å²) >= 11 is 0. The van der Waals surface area contributed by atoms with Crippen LogP contribution in [0.2, 0.25) is 0 Å². The van der Waals surface area contributed by atoms with Crippen molar-refractivity contribution in [3.8, 4) is 5.75 Å². The summed E-state index contributed by atoms with van der Waals surface area (Å²) in [5.41, 5.74) is 1.09. The molecule has 0 radical (unpaired) electrons. The summed E-state index contributed by atoms with van der Waals surface area (Å²) in [5, 5.41) is 9.14. The molecule has 1 aliphatic carbocycles. The van der Waals surface area contributed by atoms with Crippen molar-refractivity contribution in [1.82, 2.24) is 4.90 Å². The summed E-state index contributed by atoms with van der Waals surface area (Å²) in [6, 6.07) is 7.78. The van der Waals surface area contributed by atoms with Crippen molar-refractivity contribution < 1.29 is 14.6 Å². The highest BCUT2D eigenvalue weighted by Gasteiger charge is 2.34. The molecule has 4 nitrogen and oxygen atoms in total. The van der Waals surface area contributed by atoms with Crippen molar-refractivity contribution in [2.45, 2.75) is 38.4 Å². The van der Waals surface area contributed by atoms with Crippen molar-refractivity contribution in [3.63, 3.8) is 0 Å². The summed E-state index contributed by atoms with van der Waals surface area (Å²) in [6.45, 7) is 2.41. The van der Waals surface area contributed by atoms with Crippen LogP contribution >= 0.6 is 0 Å². The molecular weight excluding hydrogens is 230 g/mol. The van der Waals surface area contributed by atoms with Crippen molar-refractivity contribution >= 4 is 5.97 Å². The summed E-state index contributed by atoms with van der Waals surface area (Å²) < 4.78 is 5.19. The number of methoxy groups -OCH3 is 1. The molecule has 4 heteroatoms. The van der Waals surface area contributed by atoms with Gasteiger partial charge in [0.2, 0.25) is 0 Å². The van der Waals surface area contributed by atoms with Gasteiger partial charge in [0.25, 0.3) is 0 Å². The minimum atomic E-state index is -0.759. The number of benzene rings is 1. The molecule has 2 rings (SSSR count). The number of ether oxygens (including phenoxy) is 1. The Kier molecular flexibility index (Phi) is 3.87. The Morgan fingerprint density at radius 3 is 2.83 bits per heavy atom. The van der Waals surface area contributed by atoms with Gasteiger partial charge in [0.1, 0.15) is 11.8 Å². The Bertz CT molecular complexity index is 429. The second-order valence-corrected chi connectivity index (χ2v) is 4.77. The van der Waals surface area contributed by atoms with Crippen LogP contribution < -0.4 is 4.74 Å². The number of aliphatic carboxylic acids is 1. The first-order valence-electron chi connectivity index (χ1n) is 6.23. The Morgan fingerprint density at radius 1 is 1.56 bits per heavy atom. The second-order valence-electron chi connectivity index (χ2n) is 4.77. The van der Waals surface area contributed by atoms with Gasteiger partial charge in [0.15, 0.2) is 0 Å². The first-order chi connectivity index (χ1) is 8.61. The largest absolute Gasteiger partial charge is 0.497 e. The highest BCUT2D eigenvalue weighted by Crippen LogP contribution is 2.30. The van der Waals surface area contributed by atoms with E-state index in [0.717, 1.165) is 24.2 Å². The molecule has 98 valence electrons. The van der Waals surface area contributed by atoms with Gasteiger partial charge in [-0.3, -0.25) is 9.69 Å². The Hall–Kier alpha value is -1.55. The Morgan fingerprint density at radius 2 is 2.28 bits per heavy atom. The topological polar surface area (TPSA) is 49.8 Å². The molecule has 0 aromatic heterocycles. The second kappa shape index (κ2) is 5.40. The van der Waals surface area contributed by atoms with Crippen molar-refractivity contribution in [2.75, 3.05) is 7.11 Å². The van der Waals surface area contributed by atoms with Crippen LogP contribution in [0.3, 0.4) is 0 Å². The number of carboxylic acid groups (broad SMARTS) is 1. The SMILES string of the molecule is COc1cccc(CN(C2CC2)C(C)C(=O)O)c1.